The first kappa shape index (κ1) is 26.7. The van der Waals surface area contributed by atoms with Crippen molar-refractivity contribution in [1.29, 1.82) is 0 Å². The van der Waals surface area contributed by atoms with Gasteiger partial charge < -0.3 is 14.2 Å². The molecule has 0 spiro atoms. The van der Waals surface area contributed by atoms with E-state index in [2.05, 4.69) is 24.3 Å². The van der Waals surface area contributed by atoms with Crippen LogP contribution in [-0.2, 0) is 6.42 Å². The smallest absolute Gasteiger partial charge is 0.157 e. The molecule has 4 aromatic rings. The Morgan fingerprint density at radius 3 is 1.45 bits per heavy atom. The second-order valence-electron chi connectivity index (χ2n) is 9.59. The molecule has 0 aliphatic rings. The molecular formula is C33H32O5. The number of ether oxygens (including phenoxy) is 3. The molecule has 0 saturated carbocycles. The lowest BCUT2D eigenvalue weighted by Crippen LogP contribution is -2.00. The van der Waals surface area contributed by atoms with Crippen LogP contribution >= 0.6 is 0 Å². The molecule has 0 radical (unpaired) electrons. The van der Waals surface area contributed by atoms with Crippen molar-refractivity contribution in [3.63, 3.8) is 0 Å². The Morgan fingerprint density at radius 1 is 0.579 bits per heavy atom. The van der Waals surface area contributed by atoms with E-state index in [1.54, 1.807) is 18.2 Å². The molecule has 4 aromatic carbocycles. The van der Waals surface area contributed by atoms with Gasteiger partial charge in [-0.25, -0.2) is 0 Å². The highest BCUT2D eigenvalue weighted by Crippen LogP contribution is 2.36. The van der Waals surface area contributed by atoms with Crippen molar-refractivity contribution >= 4 is 12.6 Å². The van der Waals surface area contributed by atoms with Gasteiger partial charge in [0.2, 0.25) is 0 Å². The SMILES string of the molecule is COc1cccc(Oc2c(C)cc(Cc3cc(C)c(Oc4cccc(C)c4C=O)c(C)c3)cc2C)c1C=O. The molecular weight excluding hydrogens is 476 g/mol. The minimum absolute atomic E-state index is 0.386. The zero-order valence-corrected chi connectivity index (χ0v) is 22.7. The van der Waals surface area contributed by atoms with Gasteiger partial charge in [0.25, 0.3) is 0 Å². The Labute approximate surface area is 224 Å². The number of benzene rings is 4. The van der Waals surface area contributed by atoms with E-state index in [1.165, 1.54) is 7.11 Å². The van der Waals surface area contributed by atoms with E-state index in [0.717, 1.165) is 69.4 Å². The highest BCUT2D eigenvalue weighted by Gasteiger charge is 2.15. The van der Waals surface area contributed by atoms with Crippen molar-refractivity contribution in [3.05, 3.63) is 111 Å². The van der Waals surface area contributed by atoms with E-state index >= 15 is 0 Å². The lowest BCUT2D eigenvalue weighted by Gasteiger charge is -2.17. The summed E-state index contributed by atoms with van der Waals surface area (Å²) in [7, 11) is 1.53. The van der Waals surface area contributed by atoms with Crippen molar-refractivity contribution in [2.45, 2.75) is 41.0 Å². The summed E-state index contributed by atoms with van der Waals surface area (Å²) in [4.78, 5) is 23.3. The second kappa shape index (κ2) is 11.3. The molecule has 0 bridgehead atoms. The number of methoxy groups -OCH3 is 1. The molecule has 0 fully saturated rings. The first-order chi connectivity index (χ1) is 18.2. The molecule has 0 amide bonds. The number of rotatable bonds is 9. The predicted octanol–water partition coefficient (Wildman–Crippen LogP) is 8.04. The molecule has 4 rings (SSSR count). The van der Waals surface area contributed by atoms with Gasteiger partial charge in [-0.1, -0.05) is 42.5 Å². The van der Waals surface area contributed by atoms with Crippen LogP contribution in [0.15, 0.2) is 60.7 Å². The van der Waals surface area contributed by atoms with Crippen LogP contribution in [0.1, 0.15) is 59.7 Å². The van der Waals surface area contributed by atoms with Gasteiger partial charge in [-0.05, 0) is 98.2 Å². The average Bonchev–Trinajstić information content (AvgIpc) is 2.88. The summed E-state index contributed by atoms with van der Waals surface area (Å²) >= 11 is 0. The molecule has 0 N–H and O–H groups in total. The first-order valence-corrected chi connectivity index (χ1v) is 12.5. The van der Waals surface area contributed by atoms with E-state index < -0.39 is 0 Å². The number of carbonyl (C=O) groups is 2. The summed E-state index contributed by atoms with van der Waals surface area (Å²) < 4.78 is 17.7. The van der Waals surface area contributed by atoms with Crippen LogP contribution in [0.5, 0.6) is 28.7 Å². The zero-order valence-electron chi connectivity index (χ0n) is 22.7. The van der Waals surface area contributed by atoms with Gasteiger partial charge in [0.05, 0.1) is 18.2 Å². The minimum Gasteiger partial charge on any atom is -0.496 e. The van der Waals surface area contributed by atoms with Crippen LogP contribution in [0.2, 0.25) is 0 Å². The van der Waals surface area contributed by atoms with Crippen LogP contribution in [-0.4, -0.2) is 19.7 Å². The molecule has 0 heterocycles. The number of aldehydes is 2. The van der Waals surface area contributed by atoms with Crippen LogP contribution in [0.3, 0.4) is 0 Å². The summed E-state index contributed by atoms with van der Waals surface area (Å²) in [6.45, 7) is 9.96. The highest BCUT2D eigenvalue weighted by molar-refractivity contribution is 5.84. The maximum Gasteiger partial charge on any atom is 0.157 e. The van der Waals surface area contributed by atoms with Crippen molar-refractivity contribution < 1.29 is 23.8 Å². The summed E-state index contributed by atoms with van der Waals surface area (Å²) in [5, 5.41) is 0. The van der Waals surface area contributed by atoms with Crippen molar-refractivity contribution in [2.24, 2.45) is 0 Å². The maximum absolute atomic E-state index is 11.7. The van der Waals surface area contributed by atoms with Crippen molar-refractivity contribution in [3.8, 4) is 28.7 Å². The molecule has 0 atom stereocenters. The largest absolute Gasteiger partial charge is 0.496 e. The van der Waals surface area contributed by atoms with Crippen molar-refractivity contribution in [2.75, 3.05) is 7.11 Å². The molecule has 38 heavy (non-hydrogen) atoms. The number of hydrogen-bond donors (Lipinski definition) is 0. The normalized spacial score (nSPS) is 10.7. The Balaban J connectivity index is 1.59. The average molecular weight is 509 g/mol. The van der Waals surface area contributed by atoms with Crippen molar-refractivity contribution in [1.82, 2.24) is 0 Å². The maximum atomic E-state index is 11.7. The van der Waals surface area contributed by atoms with Gasteiger partial charge in [0, 0.05) is 0 Å². The topological polar surface area (TPSA) is 61.8 Å². The Bertz CT molecular complexity index is 1470. The van der Waals surface area contributed by atoms with Crippen LogP contribution < -0.4 is 14.2 Å². The minimum atomic E-state index is 0.386. The van der Waals surface area contributed by atoms with Crippen LogP contribution in [0, 0.1) is 34.6 Å². The molecule has 0 aliphatic heterocycles. The monoisotopic (exact) mass is 508 g/mol. The Kier molecular flexibility index (Phi) is 7.96. The predicted molar refractivity (Wildman–Crippen MR) is 150 cm³/mol. The second-order valence-corrected chi connectivity index (χ2v) is 9.59. The molecule has 0 saturated heterocycles. The summed E-state index contributed by atoms with van der Waals surface area (Å²) in [6, 6.07) is 19.4. The fourth-order valence-electron chi connectivity index (χ4n) is 4.86. The molecule has 194 valence electrons. The van der Waals surface area contributed by atoms with Gasteiger partial charge in [-0.2, -0.15) is 0 Å². The standard InChI is InChI=1S/C33H32O5/c1-20-9-7-11-30(27(20)18-34)37-32-21(2)13-25(14-22(32)3)17-26-15-23(4)33(24(5)16-26)38-31-12-8-10-29(36-6)28(31)19-35/h7-16,18-19H,17H2,1-6H3. The summed E-state index contributed by atoms with van der Waals surface area (Å²) in [6.07, 6.45) is 2.34. The van der Waals surface area contributed by atoms with Gasteiger partial charge in [-0.3, -0.25) is 9.59 Å². The molecule has 0 unspecified atom stereocenters. The highest BCUT2D eigenvalue weighted by atomic mass is 16.5. The van der Waals surface area contributed by atoms with Gasteiger partial charge in [-0.15, -0.1) is 0 Å². The lowest BCUT2D eigenvalue weighted by atomic mass is 9.97. The van der Waals surface area contributed by atoms with Gasteiger partial charge >= 0.3 is 0 Å². The van der Waals surface area contributed by atoms with E-state index in [-0.39, 0.29) is 0 Å². The Morgan fingerprint density at radius 2 is 1.00 bits per heavy atom. The molecule has 0 aliphatic carbocycles. The van der Waals surface area contributed by atoms with Gasteiger partial charge in [0.15, 0.2) is 12.6 Å². The quantitative estimate of drug-likeness (QED) is 0.214. The first-order valence-electron chi connectivity index (χ1n) is 12.5. The molecule has 0 aromatic heterocycles. The number of carbonyl (C=O) groups excluding carboxylic acids is 2. The summed E-state index contributed by atoms with van der Waals surface area (Å²) in [5.41, 5.74) is 8.13. The van der Waals surface area contributed by atoms with Crippen LogP contribution in [0.25, 0.3) is 0 Å². The lowest BCUT2D eigenvalue weighted by molar-refractivity contribution is 0.111. The molecule has 5 heteroatoms. The van der Waals surface area contributed by atoms with Crippen LogP contribution in [0.4, 0.5) is 0 Å². The van der Waals surface area contributed by atoms with E-state index in [1.807, 2.05) is 52.8 Å². The zero-order chi connectivity index (χ0) is 27.4. The number of hydrogen-bond acceptors (Lipinski definition) is 5. The third-order valence-corrected chi connectivity index (χ3v) is 6.64. The third kappa shape index (κ3) is 5.47. The fourth-order valence-corrected chi connectivity index (χ4v) is 4.86. The third-order valence-electron chi connectivity index (χ3n) is 6.64. The summed E-state index contributed by atoms with van der Waals surface area (Å²) in [5.74, 6) is 3.00. The molecule has 5 nitrogen and oxygen atoms in total. The number of aryl methyl sites for hydroxylation is 5. The van der Waals surface area contributed by atoms with E-state index in [4.69, 9.17) is 14.2 Å². The van der Waals surface area contributed by atoms with E-state index in [0.29, 0.717) is 28.4 Å². The van der Waals surface area contributed by atoms with Gasteiger partial charge in [0.1, 0.15) is 28.7 Å². The fraction of sp³-hybridized carbons (Fsp3) is 0.212. The van der Waals surface area contributed by atoms with E-state index in [9.17, 15) is 9.59 Å². The Hall–Kier alpha value is -4.38.